The molecular weight excluding hydrogens is 262 g/mol. The highest BCUT2D eigenvalue weighted by molar-refractivity contribution is 6.19. The lowest BCUT2D eigenvalue weighted by molar-refractivity contribution is 0.607. The molecular formula is C18H13NO2. The fourth-order valence-corrected chi connectivity index (χ4v) is 3.70. The van der Waals surface area contributed by atoms with Crippen LogP contribution in [0.15, 0.2) is 51.9 Å². The van der Waals surface area contributed by atoms with Gasteiger partial charge in [0, 0.05) is 22.7 Å². The maximum absolute atomic E-state index is 12.8. The topological polar surface area (TPSA) is 35.1 Å². The minimum absolute atomic E-state index is 0.127. The van der Waals surface area contributed by atoms with Crippen molar-refractivity contribution < 1.29 is 4.42 Å². The van der Waals surface area contributed by atoms with E-state index >= 15 is 0 Å². The van der Waals surface area contributed by atoms with Crippen molar-refractivity contribution in [2.24, 2.45) is 0 Å². The van der Waals surface area contributed by atoms with Gasteiger partial charge in [0.15, 0.2) is 0 Å². The van der Waals surface area contributed by atoms with Crippen LogP contribution in [0.3, 0.4) is 0 Å². The van der Waals surface area contributed by atoms with Gasteiger partial charge in [-0.05, 0) is 42.0 Å². The standard InChI is InChI=1S/C18H13NO2/c20-18-13-6-2-1-5-12(13)16-14-7-9-21-15(14)10-11-4-3-8-19(18)17(11)16/h1-2,5-7,9-10H,3-4,8H2. The van der Waals surface area contributed by atoms with E-state index in [1.807, 2.05) is 34.9 Å². The normalized spacial score (nSPS) is 14.3. The van der Waals surface area contributed by atoms with Crippen molar-refractivity contribution in [3.8, 4) is 0 Å². The molecule has 21 heavy (non-hydrogen) atoms. The quantitative estimate of drug-likeness (QED) is 0.457. The average Bonchev–Trinajstić information content (AvgIpc) is 2.99. The first-order chi connectivity index (χ1) is 10.3. The molecule has 3 heteroatoms. The molecule has 3 nitrogen and oxygen atoms in total. The molecule has 0 radical (unpaired) electrons. The highest BCUT2D eigenvalue weighted by Gasteiger charge is 2.20. The number of hydrogen-bond donors (Lipinski definition) is 0. The van der Waals surface area contributed by atoms with Gasteiger partial charge in [-0.2, -0.15) is 0 Å². The van der Waals surface area contributed by atoms with Gasteiger partial charge in [-0.1, -0.05) is 18.2 Å². The van der Waals surface area contributed by atoms with Gasteiger partial charge in [0.05, 0.1) is 11.8 Å². The van der Waals surface area contributed by atoms with Crippen LogP contribution in [0.1, 0.15) is 12.0 Å². The molecule has 0 atom stereocenters. The number of aromatic nitrogens is 1. The van der Waals surface area contributed by atoms with Crippen LogP contribution in [-0.2, 0) is 13.0 Å². The van der Waals surface area contributed by atoms with Crippen LogP contribution in [0.25, 0.3) is 32.6 Å². The van der Waals surface area contributed by atoms with E-state index in [1.54, 1.807) is 6.26 Å². The minimum Gasteiger partial charge on any atom is -0.464 e. The summed E-state index contributed by atoms with van der Waals surface area (Å²) in [5.41, 5.74) is 3.36. The lowest BCUT2D eigenvalue weighted by Crippen LogP contribution is -2.24. The molecule has 0 saturated carbocycles. The Morgan fingerprint density at radius 3 is 2.81 bits per heavy atom. The van der Waals surface area contributed by atoms with Crippen LogP contribution in [0.4, 0.5) is 0 Å². The molecule has 1 aliphatic rings. The first-order valence-corrected chi connectivity index (χ1v) is 7.29. The molecule has 1 aliphatic heterocycles. The van der Waals surface area contributed by atoms with E-state index in [1.165, 1.54) is 5.56 Å². The summed E-state index contributed by atoms with van der Waals surface area (Å²) in [6, 6.07) is 12.0. The van der Waals surface area contributed by atoms with E-state index in [0.717, 1.165) is 52.0 Å². The van der Waals surface area contributed by atoms with Crippen LogP contribution in [0.5, 0.6) is 0 Å². The second kappa shape index (κ2) is 3.76. The number of pyridine rings is 1. The smallest absolute Gasteiger partial charge is 0.258 e. The Balaban J connectivity index is 2.24. The second-order valence-corrected chi connectivity index (χ2v) is 5.70. The first kappa shape index (κ1) is 11.1. The van der Waals surface area contributed by atoms with Crippen molar-refractivity contribution in [3.63, 3.8) is 0 Å². The molecule has 2 aromatic heterocycles. The van der Waals surface area contributed by atoms with Gasteiger partial charge in [0.1, 0.15) is 5.58 Å². The molecule has 102 valence electrons. The van der Waals surface area contributed by atoms with Crippen LogP contribution in [0, 0.1) is 0 Å². The van der Waals surface area contributed by atoms with Crippen LogP contribution in [0.2, 0.25) is 0 Å². The molecule has 5 rings (SSSR count). The number of fused-ring (bicyclic) bond motifs is 4. The van der Waals surface area contributed by atoms with Gasteiger partial charge in [0.2, 0.25) is 0 Å². The Kier molecular flexibility index (Phi) is 1.99. The molecule has 0 spiro atoms. The Morgan fingerprint density at radius 2 is 1.90 bits per heavy atom. The zero-order valence-corrected chi connectivity index (χ0v) is 11.4. The monoisotopic (exact) mass is 275 g/mol. The van der Waals surface area contributed by atoms with E-state index in [9.17, 15) is 4.79 Å². The van der Waals surface area contributed by atoms with Gasteiger partial charge in [-0.25, -0.2) is 0 Å². The third-order valence-electron chi connectivity index (χ3n) is 4.58. The van der Waals surface area contributed by atoms with E-state index in [-0.39, 0.29) is 5.56 Å². The van der Waals surface area contributed by atoms with Crippen molar-refractivity contribution in [2.45, 2.75) is 19.4 Å². The predicted octanol–water partition coefficient (Wildman–Crippen LogP) is 3.85. The Morgan fingerprint density at radius 1 is 1.05 bits per heavy atom. The summed E-state index contributed by atoms with van der Waals surface area (Å²) >= 11 is 0. The summed E-state index contributed by atoms with van der Waals surface area (Å²) in [6.07, 6.45) is 3.74. The van der Waals surface area contributed by atoms with E-state index in [4.69, 9.17) is 4.42 Å². The summed E-state index contributed by atoms with van der Waals surface area (Å²) in [5, 5.41) is 4.09. The van der Waals surface area contributed by atoms with Crippen molar-refractivity contribution in [1.29, 1.82) is 0 Å². The largest absolute Gasteiger partial charge is 0.464 e. The number of furan rings is 1. The predicted molar refractivity (Wildman–Crippen MR) is 83.8 cm³/mol. The van der Waals surface area contributed by atoms with E-state index in [0.29, 0.717) is 0 Å². The van der Waals surface area contributed by atoms with Crippen molar-refractivity contribution >= 4 is 32.6 Å². The van der Waals surface area contributed by atoms with Gasteiger partial charge < -0.3 is 8.98 Å². The molecule has 0 unspecified atom stereocenters. The lowest BCUT2D eigenvalue weighted by atomic mass is 9.95. The maximum atomic E-state index is 12.8. The fourth-order valence-electron chi connectivity index (χ4n) is 3.70. The number of aryl methyl sites for hydroxylation is 2. The molecule has 4 aromatic rings. The van der Waals surface area contributed by atoms with Crippen molar-refractivity contribution in [2.75, 3.05) is 0 Å². The molecule has 0 bridgehead atoms. The average molecular weight is 275 g/mol. The van der Waals surface area contributed by atoms with Gasteiger partial charge in [-0.3, -0.25) is 4.79 Å². The second-order valence-electron chi connectivity index (χ2n) is 5.70. The van der Waals surface area contributed by atoms with Gasteiger partial charge in [-0.15, -0.1) is 0 Å². The molecule has 0 fully saturated rings. The number of rotatable bonds is 0. The van der Waals surface area contributed by atoms with Crippen LogP contribution in [-0.4, -0.2) is 4.57 Å². The number of benzene rings is 2. The Labute approximate surface area is 120 Å². The number of hydrogen-bond acceptors (Lipinski definition) is 2. The lowest BCUT2D eigenvalue weighted by Gasteiger charge is -2.21. The summed E-state index contributed by atoms with van der Waals surface area (Å²) in [4.78, 5) is 12.8. The molecule has 3 heterocycles. The first-order valence-electron chi connectivity index (χ1n) is 7.29. The maximum Gasteiger partial charge on any atom is 0.258 e. The van der Waals surface area contributed by atoms with Crippen molar-refractivity contribution in [1.82, 2.24) is 4.57 Å². The summed E-state index contributed by atoms with van der Waals surface area (Å²) in [5.74, 6) is 0. The molecule has 0 amide bonds. The van der Waals surface area contributed by atoms with E-state index < -0.39 is 0 Å². The Bertz CT molecular complexity index is 1090. The van der Waals surface area contributed by atoms with Crippen LogP contribution < -0.4 is 5.56 Å². The third-order valence-corrected chi connectivity index (χ3v) is 4.58. The van der Waals surface area contributed by atoms with E-state index in [2.05, 4.69) is 6.07 Å². The third kappa shape index (κ3) is 1.31. The highest BCUT2D eigenvalue weighted by atomic mass is 16.3. The highest BCUT2D eigenvalue weighted by Crippen LogP contribution is 2.35. The molecule has 0 aliphatic carbocycles. The SMILES string of the molecule is O=c1c2ccccc2c2c3ccoc3cc3c2n1CCC3. The van der Waals surface area contributed by atoms with Gasteiger partial charge >= 0.3 is 0 Å². The van der Waals surface area contributed by atoms with Gasteiger partial charge in [0.25, 0.3) is 5.56 Å². The zero-order valence-electron chi connectivity index (χ0n) is 11.4. The fraction of sp³-hybridized carbons (Fsp3) is 0.167. The number of nitrogens with zero attached hydrogens (tertiary/aromatic N) is 1. The Hall–Kier alpha value is -2.55. The summed E-state index contributed by atoms with van der Waals surface area (Å²) in [7, 11) is 0. The summed E-state index contributed by atoms with van der Waals surface area (Å²) in [6.45, 7) is 0.802. The minimum atomic E-state index is 0.127. The zero-order chi connectivity index (χ0) is 14.0. The van der Waals surface area contributed by atoms with Crippen LogP contribution >= 0.6 is 0 Å². The van der Waals surface area contributed by atoms with Crippen molar-refractivity contribution in [3.05, 3.63) is 58.6 Å². The summed E-state index contributed by atoms with van der Waals surface area (Å²) < 4.78 is 7.57. The molecule has 0 saturated heterocycles. The molecule has 2 aromatic carbocycles. The molecule has 0 N–H and O–H groups in total.